The van der Waals surface area contributed by atoms with Crippen LogP contribution in [0.4, 0.5) is 0 Å². The average molecular weight is 548 g/mol. The second kappa shape index (κ2) is 14.1. The SMILES string of the molecule is CCCCNC(=O)C(Cc1ccccc1)N(Cc1ccc(Cl)cc1Cl)C(=O)COc1ccccc1Cl. The summed E-state index contributed by atoms with van der Waals surface area (Å²) in [6, 6.07) is 20.8. The first kappa shape index (κ1) is 27.9. The summed E-state index contributed by atoms with van der Waals surface area (Å²) < 4.78 is 5.74. The van der Waals surface area contributed by atoms with E-state index in [1.807, 2.05) is 30.3 Å². The summed E-state index contributed by atoms with van der Waals surface area (Å²) in [7, 11) is 0. The normalized spacial score (nSPS) is 11.6. The number of nitrogens with one attached hydrogen (secondary N) is 1. The van der Waals surface area contributed by atoms with Crippen LogP contribution in [0.15, 0.2) is 72.8 Å². The van der Waals surface area contributed by atoms with Gasteiger partial charge in [-0.3, -0.25) is 9.59 Å². The predicted molar refractivity (Wildman–Crippen MR) is 146 cm³/mol. The molecule has 36 heavy (non-hydrogen) atoms. The van der Waals surface area contributed by atoms with Crippen LogP contribution in [-0.4, -0.2) is 35.9 Å². The molecule has 5 nitrogen and oxygen atoms in total. The van der Waals surface area contributed by atoms with Crippen LogP contribution in [0, 0.1) is 0 Å². The van der Waals surface area contributed by atoms with Gasteiger partial charge in [-0.15, -0.1) is 0 Å². The van der Waals surface area contributed by atoms with E-state index in [-0.39, 0.29) is 25.0 Å². The number of benzene rings is 3. The molecular weight excluding hydrogens is 519 g/mol. The van der Waals surface area contributed by atoms with E-state index >= 15 is 0 Å². The molecule has 0 aliphatic heterocycles. The van der Waals surface area contributed by atoms with E-state index in [0.717, 1.165) is 18.4 Å². The zero-order valence-corrected chi connectivity index (χ0v) is 22.3. The number of amides is 2. The van der Waals surface area contributed by atoms with Gasteiger partial charge in [-0.05, 0) is 41.8 Å². The highest BCUT2D eigenvalue weighted by atomic mass is 35.5. The zero-order valence-electron chi connectivity index (χ0n) is 20.1. The van der Waals surface area contributed by atoms with Crippen LogP contribution in [0.3, 0.4) is 0 Å². The van der Waals surface area contributed by atoms with Crippen molar-refractivity contribution in [1.29, 1.82) is 0 Å². The highest BCUT2D eigenvalue weighted by Gasteiger charge is 2.31. The largest absolute Gasteiger partial charge is 0.482 e. The molecule has 0 aromatic heterocycles. The minimum Gasteiger partial charge on any atom is -0.482 e. The van der Waals surface area contributed by atoms with E-state index < -0.39 is 6.04 Å². The molecule has 0 radical (unpaired) electrons. The van der Waals surface area contributed by atoms with Crippen molar-refractivity contribution in [3.05, 3.63) is 99.0 Å². The van der Waals surface area contributed by atoms with Crippen molar-refractivity contribution in [2.45, 2.75) is 38.8 Å². The Labute approximate surface area is 227 Å². The molecular formula is C28H29Cl3N2O3. The van der Waals surface area contributed by atoms with E-state index in [2.05, 4.69) is 12.2 Å². The smallest absolute Gasteiger partial charge is 0.261 e. The Balaban J connectivity index is 1.92. The maximum atomic E-state index is 13.6. The predicted octanol–water partition coefficient (Wildman–Crippen LogP) is 6.58. The van der Waals surface area contributed by atoms with Gasteiger partial charge in [0.25, 0.3) is 5.91 Å². The van der Waals surface area contributed by atoms with Crippen LogP contribution in [0.25, 0.3) is 0 Å². The Kier molecular flexibility index (Phi) is 10.9. The molecule has 3 aromatic carbocycles. The van der Waals surface area contributed by atoms with E-state index in [1.54, 1.807) is 42.5 Å². The molecule has 3 aromatic rings. The Morgan fingerprint density at radius 3 is 2.36 bits per heavy atom. The van der Waals surface area contributed by atoms with Crippen molar-refractivity contribution in [3.8, 4) is 5.75 Å². The van der Waals surface area contributed by atoms with Gasteiger partial charge < -0.3 is 15.0 Å². The van der Waals surface area contributed by atoms with Crippen LogP contribution in [0.5, 0.6) is 5.75 Å². The number of ether oxygens (including phenoxy) is 1. The topological polar surface area (TPSA) is 58.6 Å². The second-order valence-corrected chi connectivity index (χ2v) is 9.58. The van der Waals surface area contributed by atoms with E-state index in [1.165, 1.54) is 4.90 Å². The van der Waals surface area contributed by atoms with E-state index in [0.29, 0.717) is 39.3 Å². The number of hydrogen-bond acceptors (Lipinski definition) is 3. The zero-order chi connectivity index (χ0) is 25.9. The molecule has 1 unspecified atom stereocenters. The summed E-state index contributed by atoms with van der Waals surface area (Å²) in [4.78, 5) is 28.5. The van der Waals surface area contributed by atoms with Crippen molar-refractivity contribution in [2.75, 3.05) is 13.2 Å². The maximum Gasteiger partial charge on any atom is 0.261 e. The number of carbonyl (C=O) groups is 2. The molecule has 1 N–H and O–H groups in total. The monoisotopic (exact) mass is 546 g/mol. The van der Waals surface area contributed by atoms with Gasteiger partial charge in [0.2, 0.25) is 5.91 Å². The number of nitrogens with zero attached hydrogens (tertiary/aromatic N) is 1. The first-order valence-electron chi connectivity index (χ1n) is 11.8. The van der Waals surface area contributed by atoms with Crippen molar-refractivity contribution in [3.63, 3.8) is 0 Å². The lowest BCUT2D eigenvalue weighted by Gasteiger charge is -2.31. The van der Waals surface area contributed by atoms with Crippen LogP contribution < -0.4 is 10.1 Å². The highest BCUT2D eigenvalue weighted by Crippen LogP contribution is 2.26. The van der Waals surface area contributed by atoms with E-state index in [4.69, 9.17) is 39.5 Å². The third-order valence-corrected chi connectivity index (χ3v) is 6.54. The molecule has 0 aliphatic carbocycles. The third kappa shape index (κ3) is 8.16. The summed E-state index contributed by atoms with van der Waals surface area (Å²) in [5.41, 5.74) is 1.60. The van der Waals surface area contributed by atoms with Crippen LogP contribution in [0.1, 0.15) is 30.9 Å². The molecule has 0 saturated heterocycles. The Bertz CT molecular complexity index is 1160. The van der Waals surface area contributed by atoms with Crippen molar-refractivity contribution < 1.29 is 14.3 Å². The minimum absolute atomic E-state index is 0.111. The van der Waals surface area contributed by atoms with Gasteiger partial charge in [-0.1, -0.05) is 96.7 Å². The van der Waals surface area contributed by atoms with Gasteiger partial charge in [0.15, 0.2) is 6.61 Å². The van der Waals surface area contributed by atoms with Crippen LogP contribution in [0.2, 0.25) is 15.1 Å². The molecule has 190 valence electrons. The Morgan fingerprint density at radius 2 is 1.67 bits per heavy atom. The first-order chi connectivity index (χ1) is 17.4. The van der Waals surface area contributed by atoms with Gasteiger partial charge in [-0.25, -0.2) is 0 Å². The molecule has 0 aliphatic rings. The Morgan fingerprint density at radius 1 is 0.944 bits per heavy atom. The maximum absolute atomic E-state index is 13.6. The third-order valence-electron chi connectivity index (χ3n) is 5.64. The Hall–Kier alpha value is -2.73. The van der Waals surface area contributed by atoms with Gasteiger partial charge in [0, 0.05) is 29.6 Å². The molecule has 1 atom stereocenters. The van der Waals surface area contributed by atoms with Crippen molar-refractivity contribution in [2.24, 2.45) is 0 Å². The first-order valence-corrected chi connectivity index (χ1v) is 12.9. The lowest BCUT2D eigenvalue weighted by molar-refractivity contribution is -0.142. The fourth-order valence-electron chi connectivity index (χ4n) is 3.68. The van der Waals surface area contributed by atoms with Gasteiger partial charge in [0.05, 0.1) is 5.02 Å². The fourth-order valence-corrected chi connectivity index (χ4v) is 4.34. The molecule has 0 saturated carbocycles. The second-order valence-electron chi connectivity index (χ2n) is 8.33. The molecule has 3 rings (SSSR count). The van der Waals surface area contributed by atoms with Crippen molar-refractivity contribution >= 4 is 46.6 Å². The van der Waals surface area contributed by atoms with Gasteiger partial charge >= 0.3 is 0 Å². The molecule has 0 bridgehead atoms. The number of hydrogen-bond donors (Lipinski definition) is 1. The van der Waals surface area contributed by atoms with E-state index in [9.17, 15) is 9.59 Å². The number of rotatable bonds is 12. The highest BCUT2D eigenvalue weighted by molar-refractivity contribution is 6.35. The molecule has 0 spiro atoms. The molecule has 0 fully saturated rings. The summed E-state index contributed by atoms with van der Waals surface area (Å²) in [5, 5.41) is 4.28. The standard InChI is InChI=1S/C28H29Cl3N2O3/c1-2-3-15-32-28(35)25(16-20-9-5-4-6-10-20)33(18-21-13-14-22(29)17-24(21)31)27(34)19-36-26-12-8-7-11-23(26)30/h4-14,17,25H,2-3,15-16,18-19H2,1H3,(H,32,35). The van der Waals surface area contributed by atoms with Crippen LogP contribution >= 0.6 is 34.8 Å². The quantitative estimate of drug-likeness (QED) is 0.261. The van der Waals surface area contributed by atoms with Gasteiger partial charge in [-0.2, -0.15) is 0 Å². The number of halogens is 3. The lowest BCUT2D eigenvalue weighted by atomic mass is 10.0. The molecule has 2 amide bonds. The minimum atomic E-state index is -0.779. The number of carbonyl (C=O) groups excluding carboxylic acids is 2. The number of para-hydroxylation sites is 1. The fraction of sp³-hybridized carbons (Fsp3) is 0.286. The van der Waals surface area contributed by atoms with Gasteiger partial charge in [0.1, 0.15) is 11.8 Å². The molecule has 8 heteroatoms. The summed E-state index contributed by atoms with van der Waals surface area (Å²) in [5.74, 6) is -0.208. The molecule has 0 heterocycles. The average Bonchev–Trinajstić information content (AvgIpc) is 2.87. The summed E-state index contributed by atoms with van der Waals surface area (Å²) >= 11 is 18.7. The van der Waals surface area contributed by atoms with Crippen molar-refractivity contribution in [1.82, 2.24) is 10.2 Å². The number of unbranched alkanes of at least 4 members (excludes halogenated alkanes) is 1. The summed E-state index contributed by atoms with van der Waals surface area (Å²) in [6.07, 6.45) is 2.12. The van der Waals surface area contributed by atoms with Crippen LogP contribution in [-0.2, 0) is 22.6 Å². The summed E-state index contributed by atoms with van der Waals surface area (Å²) in [6.45, 7) is 2.40. The lowest BCUT2D eigenvalue weighted by Crippen LogP contribution is -2.51.